The third kappa shape index (κ3) is 3.24. The molecular weight excluding hydrogens is 249 g/mol. The van der Waals surface area contributed by atoms with Crippen molar-refractivity contribution in [3.05, 3.63) is 29.6 Å². The Morgan fingerprint density at radius 2 is 2.00 bits per heavy atom. The van der Waals surface area contributed by atoms with E-state index < -0.39 is 38.4 Å². The van der Waals surface area contributed by atoms with E-state index in [1.165, 1.54) is 0 Å². The summed E-state index contributed by atoms with van der Waals surface area (Å²) in [4.78, 5) is 11.0. The van der Waals surface area contributed by atoms with Gasteiger partial charge < -0.3 is 4.74 Å². The Morgan fingerprint density at radius 1 is 1.41 bits per heavy atom. The van der Waals surface area contributed by atoms with Gasteiger partial charge in [0.2, 0.25) is 10.0 Å². The molecule has 0 saturated heterocycles. The SMILES string of the molecule is CC(C)OC(=O)c1c(F)cccc1S(N)(=O)=O. The molecule has 1 aromatic rings. The predicted molar refractivity (Wildman–Crippen MR) is 58.3 cm³/mol. The van der Waals surface area contributed by atoms with Gasteiger partial charge in [-0.3, -0.25) is 0 Å². The normalized spacial score (nSPS) is 11.6. The first-order chi connectivity index (χ1) is 7.73. The quantitative estimate of drug-likeness (QED) is 0.823. The molecule has 0 aliphatic rings. The topological polar surface area (TPSA) is 86.5 Å². The van der Waals surface area contributed by atoms with Crippen molar-refractivity contribution in [3.63, 3.8) is 0 Å². The van der Waals surface area contributed by atoms with Gasteiger partial charge in [0.25, 0.3) is 0 Å². The number of ether oxygens (including phenoxy) is 1. The fourth-order valence-electron chi connectivity index (χ4n) is 1.21. The lowest BCUT2D eigenvalue weighted by atomic mass is 10.2. The Labute approximate surface area is 98.4 Å². The number of hydrogen-bond donors (Lipinski definition) is 1. The highest BCUT2D eigenvalue weighted by Crippen LogP contribution is 2.19. The van der Waals surface area contributed by atoms with Crippen LogP contribution >= 0.6 is 0 Å². The molecular formula is C10H12FNO4S. The van der Waals surface area contributed by atoms with Crippen LogP contribution in [0.2, 0.25) is 0 Å². The predicted octanol–water partition coefficient (Wildman–Crippen LogP) is 1.04. The minimum absolute atomic E-state index is 0.490. The molecule has 0 radical (unpaired) electrons. The van der Waals surface area contributed by atoms with Crippen molar-refractivity contribution in [1.82, 2.24) is 0 Å². The molecule has 0 aliphatic carbocycles. The smallest absolute Gasteiger partial charge is 0.342 e. The van der Waals surface area contributed by atoms with E-state index in [4.69, 9.17) is 9.88 Å². The molecule has 0 amide bonds. The molecule has 0 aliphatic heterocycles. The highest BCUT2D eigenvalue weighted by atomic mass is 32.2. The summed E-state index contributed by atoms with van der Waals surface area (Å²) in [5, 5.41) is 4.89. The lowest BCUT2D eigenvalue weighted by Crippen LogP contribution is -2.21. The van der Waals surface area contributed by atoms with E-state index in [1.54, 1.807) is 13.8 Å². The zero-order valence-electron chi connectivity index (χ0n) is 9.31. The van der Waals surface area contributed by atoms with Crippen molar-refractivity contribution in [2.45, 2.75) is 24.8 Å². The van der Waals surface area contributed by atoms with E-state index >= 15 is 0 Å². The Balaban J connectivity index is 3.36. The fourth-order valence-corrected chi connectivity index (χ4v) is 1.95. The summed E-state index contributed by atoms with van der Waals surface area (Å²) in [6.45, 7) is 3.13. The van der Waals surface area contributed by atoms with Crippen LogP contribution < -0.4 is 5.14 Å². The number of benzene rings is 1. The highest BCUT2D eigenvalue weighted by Gasteiger charge is 2.24. The van der Waals surface area contributed by atoms with Gasteiger partial charge in [0.15, 0.2) is 0 Å². The third-order valence-corrected chi connectivity index (χ3v) is 2.78. The summed E-state index contributed by atoms with van der Waals surface area (Å²) in [5.41, 5.74) is -0.663. The molecule has 0 spiro atoms. The molecule has 1 rings (SSSR count). The lowest BCUT2D eigenvalue weighted by Gasteiger charge is -2.11. The molecule has 5 nitrogen and oxygen atoms in total. The second-order valence-electron chi connectivity index (χ2n) is 3.61. The maximum atomic E-state index is 13.5. The van der Waals surface area contributed by atoms with E-state index in [9.17, 15) is 17.6 Å². The molecule has 0 fully saturated rings. The van der Waals surface area contributed by atoms with E-state index in [1.807, 2.05) is 0 Å². The van der Waals surface area contributed by atoms with Gasteiger partial charge in [-0.05, 0) is 26.0 Å². The number of primary sulfonamides is 1. The van der Waals surface area contributed by atoms with Crippen molar-refractivity contribution in [2.75, 3.05) is 0 Å². The number of esters is 1. The molecule has 17 heavy (non-hydrogen) atoms. The monoisotopic (exact) mass is 261 g/mol. The number of halogens is 1. The van der Waals surface area contributed by atoms with Gasteiger partial charge in [-0.25, -0.2) is 22.7 Å². The summed E-state index contributed by atoms with van der Waals surface area (Å²) in [6.07, 6.45) is -0.490. The lowest BCUT2D eigenvalue weighted by molar-refractivity contribution is 0.0367. The second-order valence-corrected chi connectivity index (χ2v) is 5.14. The Kier molecular flexibility index (Phi) is 3.84. The molecule has 0 unspecified atom stereocenters. The maximum absolute atomic E-state index is 13.5. The van der Waals surface area contributed by atoms with Gasteiger partial charge >= 0.3 is 5.97 Å². The minimum Gasteiger partial charge on any atom is -0.459 e. The first kappa shape index (κ1) is 13.6. The van der Waals surface area contributed by atoms with E-state index in [2.05, 4.69) is 0 Å². The maximum Gasteiger partial charge on any atom is 0.342 e. The van der Waals surface area contributed by atoms with Crippen LogP contribution in [0.15, 0.2) is 23.1 Å². The number of carbonyl (C=O) groups is 1. The number of hydrogen-bond acceptors (Lipinski definition) is 4. The van der Waals surface area contributed by atoms with Crippen LogP contribution in [0.1, 0.15) is 24.2 Å². The van der Waals surface area contributed by atoms with Crippen molar-refractivity contribution >= 4 is 16.0 Å². The largest absolute Gasteiger partial charge is 0.459 e. The summed E-state index contributed by atoms with van der Waals surface area (Å²) in [5.74, 6) is -2.04. The molecule has 7 heteroatoms. The van der Waals surface area contributed by atoms with Crippen molar-refractivity contribution < 1.29 is 22.3 Å². The van der Waals surface area contributed by atoms with Crippen LogP contribution in [0, 0.1) is 5.82 Å². The molecule has 2 N–H and O–H groups in total. The molecule has 0 aromatic heterocycles. The molecule has 94 valence electrons. The van der Waals surface area contributed by atoms with Gasteiger partial charge in [-0.1, -0.05) is 6.07 Å². The molecule has 0 saturated carbocycles. The Hall–Kier alpha value is -1.47. The average Bonchev–Trinajstić information content (AvgIpc) is 2.14. The second kappa shape index (κ2) is 4.80. The van der Waals surface area contributed by atoms with Gasteiger partial charge in [0.1, 0.15) is 11.4 Å². The van der Waals surface area contributed by atoms with Crippen LogP contribution in [-0.2, 0) is 14.8 Å². The van der Waals surface area contributed by atoms with Crippen molar-refractivity contribution in [1.29, 1.82) is 0 Å². The van der Waals surface area contributed by atoms with E-state index in [-0.39, 0.29) is 0 Å². The number of nitrogens with two attached hydrogens (primary N) is 1. The number of rotatable bonds is 3. The number of sulfonamides is 1. The first-order valence-corrected chi connectivity index (χ1v) is 6.30. The van der Waals surface area contributed by atoms with Crippen LogP contribution in [0.3, 0.4) is 0 Å². The van der Waals surface area contributed by atoms with Crippen LogP contribution in [0.25, 0.3) is 0 Å². The van der Waals surface area contributed by atoms with E-state index in [0.29, 0.717) is 0 Å². The van der Waals surface area contributed by atoms with Crippen LogP contribution in [0.5, 0.6) is 0 Å². The number of carbonyl (C=O) groups excluding carboxylic acids is 1. The zero-order valence-corrected chi connectivity index (χ0v) is 10.1. The average molecular weight is 261 g/mol. The third-order valence-electron chi connectivity index (χ3n) is 1.83. The minimum atomic E-state index is -4.18. The summed E-state index contributed by atoms with van der Waals surface area (Å²) in [7, 11) is -4.18. The van der Waals surface area contributed by atoms with Gasteiger partial charge in [-0.2, -0.15) is 0 Å². The Bertz CT molecular complexity index is 539. The molecule has 0 atom stereocenters. The van der Waals surface area contributed by atoms with Gasteiger partial charge in [0.05, 0.1) is 11.0 Å². The van der Waals surface area contributed by atoms with Crippen LogP contribution in [-0.4, -0.2) is 20.5 Å². The molecule has 0 heterocycles. The molecule has 0 bridgehead atoms. The van der Waals surface area contributed by atoms with Crippen LogP contribution in [0.4, 0.5) is 4.39 Å². The summed E-state index contributed by atoms with van der Waals surface area (Å²) >= 11 is 0. The zero-order chi connectivity index (χ0) is 13.2. The van der Waals surface area contributed by atoms with Gasteiger partial charge in [-0.15, -0.1) is 0 Å². The fraction of sp³-hybridized carbons (Fsp3) is 0.300. The standard InChI is InChI=1S/C10H12FNO4S/c1-6(2)16-10(13)9-7(11)4-3-5-8(9)17(12,14)15/h3-6H,1-2H3,(H2,12,14,15). The van der Waals surface area contributed by atoms with E-state index in [0.717, 1.165) is 18.2 Å². The Morgan fingerprint density at radius 3 is 2.47 bits per heavy atom. The summed E-state index contributed by atoms with van der Waals surface area (Å²) in [6, 6.07) is 3.17. The first-order valence-electron chi connectivity index (χ1n) is 4.75. The summed E-state index contributed by atoms with van der Waals surface area (Å²) < 4.78 is 40.6. The highest BCUT2D eigenvalue weighted by molar-refractivity contribution is 7.89. The molecule has 1 aromatic carbocycles. The van der Waals surface area contributed by atoms with Gasteiger partial charge in [0, 0.05) is 0 Å². The van der Waals surface area contributed by atoms with Crippen molar-refractivity contribution in [2.24, 2.45) is 5.14 Å². The van der Waals surface area contributed by atoms with Crippen molar-refractivity contribution in [3.8, 4) is 0 Å².